The molecule has 3 saturated heterocycles. The molecule has 0 N–H and O–H groups in total. The maximum Gasteiger partial charge on any atom is 0.309 e. The molecule has 2 aromatic rings. The number of likely N-dealkylation sites (tertiary alicyclic amines) is 1. The Bertz CT molecular complexity index is 1240. The van der Waals surface area contributed by atoms with E-state index in [4.69, 9.17) is 14.2 Å². The predicted octanol–water partition coefficient (Wildman–Crippen LogP) is 2.39. The van der Waals surface area contributed by atoms with Crippen molar-refractivity contribution in [1.82, 2.24) is 9.88 Å². The topological polar surface area (TPSA) is 98.3 Å². The first-order valence-corrected chi connectivity index (χ1v) is 12.8. The summed E-state index contributed by atoms with van der Waals surface area (Å²) in [5.74, 6) is -0.997. The summed E-state index contributed by atoms with van der Waals surface area (Å²) in [4.78, 5) is 47.6. The predicted molar refractivity (Wildman–Crippen MR) is 128 cm³/mol. The lowest BCUT2D eigenvalue weighted by molar-refractivity contribution is -0.152. The van der Waals surface area contributed by atoms with Crippen molar-refractivity contribution < 1.29 is 28.6 Å². The minimum atomic E-state index is -0.805. The number of rotatable bonds is 5. The van der Waals surface area contributed by atoms with Crippen LogP contribution < -0.4 is 9.64 Å². The quantitative estimate of drug-likeness (QED) is 0.462. The molecule has 184 valence electrons. The van der Waals surface area contributed by atoms with Gasteiger partial charge in [0.25, 0.3) is 0 Å². The van der Waals surface area contributed by atoms with Crippen LogP contribution in [0.4, 0.5) is 5.13 Å². The molecular formula is C25H27N3O6S. The van der Waals surface area contributed by atoms with Crippen molar-refractivity contribution >= 4 is 44.5 Å². The average molecular weight is 498 g/mol. The fourth-order valence-electron chi connectivity index (χ4n) is 5.89. The molecule has 6 rings (SSSR count). The van der Waals surface area contributed by atoms with Crippen LogP contribution in [-0.4, -0.2) is 72.7 Å². The molecule has 0 unspecified atom stereocenters. The highest BCUT2D eigenvalue weighted by molar-refractivity contribution is 7.22. The zero-order valence-electron chi connectivity index (χ0n) is 19.6. The monoisotopic (exact) mass is 497 g/mol. The summed E-state index contributed by atoms with van der Waals surface area (Å²) in [6.45, 7) is 3.45. The molecular weight excluding hydrogens is 470 g/mol. The summed E-state index contributed by atoms with van der Waals surface area (Å²) in [5.41, 5.74) is -0.0366. The van der Waals surface area contributed by atoms with Crippen molar-refractivity contribution in [2.75, 3.05) is 38.3 Å². The maximum atomic E-state index is 13.7. The van der Waals surface area contributed by atoms with Crippen molar-refractivity contribution in [1.29, 1.82) is 0 Å². The molecule has 10 heteroatoms. The smallest absolute Gasteiger partial charge is 0.309 e. The second-order valence-electron chi connectivity index (χ2n) is 9.51. The van der Waals surface area contributed by atoms with Crippen LogP contribution in [0.25, 0.3) is 10.2 Å². The van der Waals surface area contributed by atoms with Crippen molar-refractivity contribution in [3.63, 3.8) is 0 Å². The molecule has 3 fully saturated rings. The van der Waals surface area contributed by atoms with Gasteiger partial charge >= 0.3 is 5.97 Å². The number of aromatic nitrogens is 1. The largest absolute Gasteiger partial charge is 0.497 e. The number of amides is 2. The molecule has 4 atom stereocenters. The number of methoxy groups -OCH3 is 1. The van der Waals surface area contributed by atoms with Crippen LogP contribution in [0, 0.1) is 17.8 Å². The Morgan fingerprint density at radius 2 is 2.09 bits per heavy atom. The van der Waals surface area contributed by atoms with Crippen molar-refractivity contribution in [2.45, 2.75) is 31.5 Å². The van der Waals surface area contributed by atoms with E-state index in [1.165, 1.54) is 11.3 Å². The number of hydrogen-bond acceptors (Lipinski definition) is 8. The SMILES string of the molecule is CCOC(=O)C1CCN(C(=O)[C@H]2[C@H]3C=C[C@@]4(CN(c5nc6cc(OC)ccc6s5)C(=O)[C@@H]24)O3)CC1. The van der Waals surface area contributed by atoms with E-state index in [2.05, 4.69) is 4.98 Å². The molecule has 9 nitrogen and oxygen atoms in total. The van der Waals surface area contributed by atoms with Crippen LogP contribution in [0.2, 0.25) is 0 Å². The molecule has 1 spiro atoms. The number of fused-ring (bicyclic) bond motifs is 2. The highest BCUT2D eigenvalue weighted by Gasteiger charge is 2.67. The van der Waals surface area contributed by atoms with Crippen LogP contribution in [-0.2, 0) is 23.9 Å². The van der Waals surface area contributed by atoms with Gasteiger partial charge in [-0.15, -0.1) is 0 Å². The van der Waals surface area contributed by atoms with Gasteiger partial charge in [-0.1, -0.05) is 23.5 Å². The van der Waals surface area contributed by atoms with Crippen LogP contribution in [0.3, 0.4) is 0 Å². The summed E-state index contributed by atoms with van der Waals surface area (Å²) < 4.78 is 17.7. The van der Waals surface area contributed by atoms with Gasteiger partial charge in [-0.2, -0.15) is 0 Å². The Kier molecular flexibility index (Phi) is 5.33. The molecule has 4 aliphatic heterocycles. The van der Waals surface area contributed by atoms with Crippen molar-refractivity contribution in [2.24, 2.45) is 17.8 Å². The number of thiazole rings is 1. The molecule has 1 aromatic heterocycles. The number of ether oxygens (including phenoxy) is 3. The van der Waals surface area contributed by atoms with Crippen molar-refractivity contribution in [3.05, 3.63) is 30.4 Å². The first-order chi connectivity index (χ1) is 16.9. The Hall–Kier alpha value is -2.98. The third kappa shape index (κ3) is 3.45. The van der Waals surface area contributed by atoms with Gasteiger partial charge < -0.3 is 19.1 Å². The average Bonchev–Trinajstić information content (AvgIpc) is 3.62. The van der Waals surface area contributed by atoms with E-state index in [0.29, 0.717) is 50.0 Å². The first kappa shape index (κ1) is 22.5. The zero-order valence-corrected chi connectivity index (χ0v) is 20.5. The van der Waals surface area contributed by atoms with E-state index in [9.17, 15) is 14.4 Å². The number of carbonyl (C=O) groups excluding carboxylic acids is 3. The molecule has 35 heavy (non-hydrogen) atoms. The van der Waals surface area contributed by atoms with Gasteiger partial charge in [-0.3, -0.25) is 19.3 Å². The third-order valence-electron chi connectivity index (χ3n) is 7.63. The van der Waals surface area contributed by atoms with Gasteiger partial charge in [0.1, 0.15) is 11.4 Å². The molecule has 1 aromatic carbocycles. The van der Waals surface area contributed by atoms with Crippen LogP contribution in [0.5, 0.6) is 5.75 Å². The van der Waals surface area contributed by atoms with Gasteiger partial charge in [-0.05, 0) is 31.9 Å². The lowest BCUT2D eigenvalue weighted by atomic mass is 9.76. The Morgan fingerprint density at radius 3 is 2.83 bits per heavy atom. The lowest BCUT2D eigenvalue weighted by Crippen LogP contribution is -2.49. The molecule has 0 aliphatic carbocycles. The number of nitrogens with zero attached hydrogens (tertiary/aromatic N) is 3. The molecule has 5 heterocycles. The minimum absolute atomic E-state index is 0.0715. The molecule has 0 saturated carbocycles. The van der Waals surface area contributed by atoms with E-state index < -0.39 is 23.5 Å². The standard InChI is InChI=1S/C25H27N3O6S/c1-3-33-23(31)14-7-10-27(11-8-14)21(29)19-17-6-9-25(34-17)13-28(22(30)20(19)25)24-26-16-12-15(32-2)4-5-18(16)35-24/h4-6,9,12,14,17,19-20H,3,7-8,10-11,13H2,1-2H3/t17-,19+,20-,25+/m1/s1. The summed E-state index contributed by atoms with van der Waals surface area (Å²) in [6.07, 6.45) is 4.62. The lowest BCUT2D eigenvalue weighted by Gasteiger charge is -2.34. The fourth-order valence-corrected chi connectivity index (χ4v) is 6.84. The molecule has 2 bridgehead atoms. The summed E-state index contributed by atoms with van der Waals surface area (Å²) >= 11 is 1.44. The van der Waals surface area contributed by atoms with E-state index in [0.717, 1.165) is 10.2 Å². The number of anilines is 1. The van der Waals surface area contributed by atoms with E-state index in [1.807, 2.05) is 30.4 Å². The second kappa shape index (κ2) is 8.30. The first-order valence-electron chi connectivity index (χ1n) is 12.0. The van der Waals surface area contributed by atoms with Gasteiger partial charge in [0.05, 0.1) is 54.3 Å². The normalized spacial score (nSPS) is 29.8. The van der Waals surface area contributed by atoms with Crippen LogP contribution in [0.1, 0.15) is 19.8 Å². The number of piperidine rings is 1. The highest BCUT2D eigenvalue weighted by Crippen LogP contribution is 2.53. The van der Waals surface area contributed by atoms with E-state index in [-0.39, 0.29) is 23.7 Å². The summed E-state index contributed by atoms with van der Waals surface area (Å²) in [5, 5.41) is 0.601. The summed E-state index contributed by atoms with van der Waals surface area (Å²) in [6, 6.07) is 5.66. The third-order valence-corrected chi connectivity index (χ3v) is 8.69. The fraction of sp³-hybridized carbons (Fsp3) is 0.520. The number of benzene rings is 1. The molecule has 2 amide bonds. The highest BCUT2D eigenvalue weighted by atomic mass is 32.1. The van der Waals surface area contributed by atoms with E-state index in [1.54, 1.807) is 23.8 Å². The van der Waals surface area contributed by atoms with Gasteiger partial charge in [-0.25, -0.2) is 4.98 Å². The second-order valence-corrected chi connectivity index (χ2v) is 10.5. The number of esters is 1. The Balaban J connectivity index is 1.22. The van der Waals surface area contributed by atoms with Crippen LogP contribution in [0.15, 0.2) is 30.4 Å². The zero-order chi connectivity index (χ0) is 24.3. The van der Waals surface area contributed by atoms with Gasteiger partial charge in [0.2, 0.25) is 11.8 Å². The van der Waals surface area contributed by atoms with E-state index >= 15 is 0 Å². The van der Waals surface area contributed by atoms with Gasteiger partial charge in [0.15, 0.2) is 5.13 Å². The number of carbonyl (C=O) groups is 3. The minimum Gasteiger partial charge on any atom is -0.497 e. The Morgan fingerprint density at radius 1 is 1.29 bits per heavy atom. The van der Waals surface area contributed by atoms with Crippen molar-refractivity contribution in [3.8, 4) is 5.75 Å². The molecule has 0 radical (unpaired) electrons. The Labute approximate surface area is 206 Å². The van der Waals surface area contributed by atoms with Gasteiger partial charge in [0, 0.05) is 19.2 Å². The number of hydrogen-bond donors (Lipinski definition) is 0. The molecule has 4 aliphatic rings. The maximum absolute atomic E-state index is 13.7. The van der Waals surface area contributed by atoms with Crippen LogP contribution >= 0.6 is 11.3 Å². The summed E-state index contributed by atoms with van der Waals surface area (Å²) in [7, 11) is 1.61.